The number of nitrogens with zero attached hydrogens (tertiary/aromatic N) is 5. The Balaban J connectivity index is 0.719. The number of H-pyrrole nitrogens is 1. The number of hydrogen-bond donors (Lipinski definition) is 3. The van der Waals surface area contributed by atoms with Crippen molar-refractivity contribution >= 4 is 61.8 Å². The van der Waals surface area contributed by atoms with Gasteiger partial charge >= 0.3 is 10.2 Å². The lowest BCUT2D eigenvalue weighted by atomic mass is 9.96. The standard InChI is InChI=1S/C46H45F3N8O7S/c47-30-13-16-56(22-30)65(62,63)53-38-8-7-37(48)41(42(38)49)43(59)36-20-51-44-35(36)18-28(19-50-44)27-1-3-31(4-2-27)54-14-11-26(12-15-54)25-64-33-23-55(24-33)32-5-6-34-29(17-32)21-57(46(34)61)39-9-10-40(58)52-45(39)60/h1-8,17-20,26,30,33,39,53H,9-16,21-25H2,(H,50,51)(H,52,58,60)/t30-,39?/m1/s1. The fourth-order valence-electron chi connectivity index (χ4n) is 9.44. The molecule has 0 bridgehead atoms. The van der Waals surface area contributed by atoms with Gasteiger partial charge in [-0.3, -0.25) is 29.2 Å². The molecular formula is C46H45F3N8O7S. The molecule has 1 unspecified atom stereocenters. The predicted octanol–water partition coefficient (Wildman–Crippen LogP) is 5.32. The number of amides is 3. The van der Waals surface area contributed by atoms with Crippen LogP contribution in [0.2, 0.25) is 0 Å². The van der Waals surface area contributed by atoms with Gasteiger partial charge in [-0.25, -0.2) is 18.2 Å². The van der Waals surface area contributed by atoms with E-state index in [0.717, 1.165) is 78.0 Å². The molecule has 5 aliphatic heterocycles. The number of hydrogen-bond acceptors (Lipinski definition) is 10. The second kappa shape index (κ2) is 16.9. The van der Waals surface area contributed by atoms with E-state index < -0.39 is 57.0 Å². The average Bonchev–Trinajstić information content (AvgIpc) is 4.01. The van der Waals surface area contributed by atoms with Crippen LogP contribution in [0.25, 0.3) is 22.2 Å². The summed E-state index contributed by atoms with van der Waals surface area (Å²) >= 11 is 0. The van der Waals surface area contributed by atoms with Crippen LogP contribution in [0.5, 0.6) is 0 Å². The maximum Gasteiger partial charge on any atom is 0.301 e. The third kappa shape index (κ3) is 8.20. The molecule has 4 saturated heterocycles. The van der Waals surface area contributed by atoms with Gasteiger partial charge < -0.3 is 24.4 Å². The molecule has 19 heteroatoms. The molecule has 10 rings (SSSR count). The van der Waals surface area contributed by atoms with Gasteiger partial charge in [-0.05, 0) is 91.3 Å². The summed E-state index contributed by atoms with van der Waals surface area (Å²) in [5, 5.41) is 2.67. The number of alkyl halides is 1. The number of imide groups is 1. The van der Waals surface area contributed by atoms with Crippen molar-refractivity contribution in [3.8, 4) is 11.1 Å². The topological polar surface area (TPSA) is 177 Å². The lowest BCUT2D eigenvalue weighted by Crippen LogP contribution is -2.53. The summed E-state index contributed by atoms with van der Waals surface area (Å²) in [7, 11) is -4.36. The first-order chi connectivity index (χ1) is 31.3. The number of aromatic nitrogens is 2. The van der Waals surface area contributed by atoms with Gasteiger partial charge in [0.1, 0.15) is 23.7 Å². The summed E-state index contributed by atoms with van der Waals surface area (Å²) in [6.07, 6.45) is 4.20. The largest absolute Gasteiger partial charge is 0.374 e. The summed E-state index contributed by atoms with van der Waals surface area (Å²) < 4.78 is 79.4. The Kier molecular flexibility index (Phi) is 11.1. The number of benzene rings is 3. The zero-order chi connectivity index (χ0) is 45.1. The molecule has 338 valence electrons. The highest BCUT2D eigenvalue weighted by Gasteiger charge is 2.40. The number of aromatic amines is 1. The van der Waals surface area contributed by atoms with Crippen LogP contribution >= 0.6 is 0 Å². The van der Waals surface area contributed by atoms with Crippen LogP contribution in [-0.4, -0.2) is 115 Å². The van der Waals surface area contributed by atoms with Crippen molar-refractivity contribution in [2.75, 3.05) is 60.4 Å². The minimum Gasteiger partial charge on any atom is -0.374 e. The van der Waals surface area contributed by atoms with Crippen molar-refractivity contribution in [3.63, 3.8) is 0 Å². The van der Waals surface area contributed by atoms with Crippen LogP contribution in [0, 0.1) is 17.6 Å². The number of rotatable bonds is 12. The Bertz CT molecular complexity index is 2850. The number of piperidine rings is 2. The maximum atomic E-state index is 15.7. The van der Waals surface area contributed by atoms with Gasteiger partial charge in [0.2, 0.25) is 17.6 Å². The molecule has 3 amide bonds. The molecule has 3 aromatic carbocycles. The predicted molar refractivity (Wildman–Crippen MR) is 234 cm³/mol. The monoisotopic (exact) mass is 910 g/mol. The van der Waals surface area contributed by atoms with E-state index in [4.69, 9.17) is 4.74 Å². The molecule has 0 spiro atoms. The van der Waals surface area contributed by atoms with Crippen LogP contribution in [-0.2, 0) is 31.1 Å². The van der Waals surface area contributed by atoms with E-state index in [2.05, 4.69) is 25.1 Å². The van der Waals surface area contributed by atoms with Crippen molar-refractivity contribution in [1.29, 1.82) is 0 Å². The molecule has 0 saturated carbocycles. The van der Waals surface area contributed by atoms with Gasteiger partial charge in [-0.1, -0.05) is 12.1 Å². The Morgan fingerprint density at radius 2 is 1.65 bits per heavy atom. The zero-order valence-electron chi connectivity index (χ0n) is 35.1. The lowest BCUT2D eigenvalue weighted by Gasteiger charge is -2.42. The van der Waals surface area contributed by atoms with Crippen LogP contribution in [0.1, 0.15) is 63.9 Å². The molecule has 5 aliphatic rings. The Morgan fingerprint density at radius 3 is 2.38 bits per heavy atom. The van der Waals surface area contributed by atoms with E-state index in [9.17, 15) is 32.0 Å². The smallest absolute Gasteiger partial charge is 0.301 e. The Hall–Kier alpha value is -6.31. The molecular weight excluding hydrogens is 866 g/mol. The van der Waals surface area contributed by atoms with E-state index in [1.54, 1.807) is 17.2 Å². The lowest BCUT2D eigenvalue weighted by molar-refractivity contribution is -0.136. The first kappa shape index (κ1) is 42.6. The third-order valence-electron chi connectivity index (χ3n) is 13.2. The van der Waals surface area contributed by atoms with Gasteiger partial charge in [-0.15, -0.1) is 0 Å². The minimum absolute atomic E-state index is 0.00114. The van der Waals surface area contributed by atoms with Gasteiger partial charge in [0, 0.05) is 98.1 Å². The van der Waals surface area contributed by atoms with Crippen LogP contribution in [0.3, 0.4) is 0 Å². The highest BCUT2D eigenvalue weighted by molar-refractivity contribution is 7.90. The molecule has 2 atom stereocenters. The summed E-state index contributed by atoms with van der Waals surface area (Å²) in [6.45, 7) is 3.75. The van der Waals surface area contributed by atoms with Crippen molar-refractivity contribution in [1.82, 2.24) is 24.5 Å². The molecule has 4 fully saturated rings. The molecule has 2 aromatic heterocycles. The normalized spacial score (nSPS) is 21.0. The quantitative estimate of drug-likeness (QED) is 0.110. The summed E-state index contributed by atoms with van der Waals surface area (Å²) in [4.78, 5) is 64.3. The Labute approximate surface area is 372 Å². The summed E-state index contributed by atoms with van der Waals surface area (Å²) in [5.74, 6) is -4.05. The number of ketones is 1. The van der Waals surface area contributed by atoms with Crippen LogP contribution in [0.4, 0.5) is 30.2 Å². The minimum atomic E-state index is -4.36. The molecule has 65 heavy (non-hydrogen) atoms. The van der Waals surface area contributed by atoms with Crippen molar-refractivity contribution < 1.29 is 45.5 Å². The van der Waals surface area contributed by atoms with E-state index in [1.165, 1.54) is 6.20 Å². The molecule has 0 aliphatic carbocycles. The molecule has 3 N–H and O–H groups in total. The van der Waals surface area contributed by atoms with Gasteiger partial charge in [0.15, 0.2) is 5.82 Å². The first-order valence-corrected chi connectivity index (χ1v) is 23.1. The van der Waals surface area contributed by atoms with E-state index in [1.807, 2.05) is 47.2 Å². The van der Waals surface area contributed by atoms with E-state index in [-0.39, 0.29) is 49.4 Å². The van der Waals surface area contributed by atoms with E-state index in [0.29, 0.717) is 47.7 Å². The zero-order valence-corrected chi connectivity index (χ0v) is 35.9. The van der Waals surface area contributed by atoms with Gasteiger partial charge in [-0.2, -0.15) is 12.7 Å². The number of carbonyl (C=O) groups excluding carboxylic acids is 4. The second-order valence-corrected chi connectivity index (χ2v) is 19.0. The second-order valence-electron chi connectivity index (χ2n) is 17.4. The average molecular weight is 911 g/mol. The maximum absolute atomic E-state index is 15.7. The molecule has 5 aromatic rings. The van der Waals surface area contributed by atoms with Gasteiger partial charge in [0.25, 0.3) is 5.91 Å². The van der Waals surface area contributed by atoms with E-state index >= 15 is 8.78 Å². The molecule has 15 nitrogen and oxygen atoms in total. The number of halogens is 3. The number of pyridine rings is 1. The molecule has 7 heterocycles. The molecule has 0 radical (unpaired) electrons. The fourth-order valence-corrected chi connectivity index (χ4v) is 10.7. The SMILES string of the molecule is O=C1CCC(N2Cc3cc(N4CC(OCC5CCN(c6ccc(-c7cnc8[nH]cc(C(=O)c9c(F)ccc(NS(=O)(=O)N%10CC[C@@H](F)C%10)c9F)c8c7)cc6)CC5)C4)ccc3C2=O)C(=O)N1. The Morgan fingerprint density at radius 1 is 0.877 bits per heavy atom. The number of fused-ring (bicyclic) bond motifs is 2. The number of ether oxygens (including phenoxy) is 1. The third-order valence-corrected chi connectivity index (χ3v) is 14.7. The summed E-state index contributed by atoms with van der Waals surface area (Å²) in [5.41, 5.74) is 3.73. The van der Waals surface area contributed by atoms with Crippen molar-refractivity contribution in [3.05, 3.63) is 107 Å². The summed E-state index contributed by atoms with van der Waals surface area (Å²) in [6, 6.07) is 16.5. The van der Waals surface area contributed by atoms with Crippen molar-refractivity contribution in [2.24, 2.45) is 5.92 Å². The number of nitrogens with one attached hydrogen (secondary N) is 3. The number of carbonyl (C=O) groups is 4. The fraction of sp³-hybridized carbons (Fsp3) is 0.370. The van der Waals surface area contributed by atoms with Crippen molar-refractivity contribution in [2.45, 2.75) is 57.0 Å². The van der Waals surface area contributed by atoms with Crippen LogP contribution in [0.15, 0.2) is 73.1 Å². The highest BCUT2D eigenvalue weighted by atomic mass is 32.2. The van der Waals surface area contributed by atoms with Crippen LogP contribution < -0.4 is 19.8 Å². The number of anilines is 3. The highest BCUT2D eigenvalue weighted by Crippen LogP contribution is 2.35. The first-order valence-electron chi connectivity index (χ1n) is 21.7. The van der Waals surface area contributed by atoms with Gasteiger partial charge in [0.05, 0.1) is 24.0 Å².